The number of benzene rings is 1. The van der Waals surface area contributed by atoms with Crippen LogP contribution < -0.4 is 20.3 Å². The van der Waals surface area contributed by atoms with Gasteiger partial charge in [-0.05, 0) is 24.6 Å². The molecule has 0 heterocycles. The number of nitrogens with one attached hydrogen (secondary N) is 2. The Bertz CT molecular complexity index is 391. The molecule has 2 N–H and O–H groups in total. The number of amides is 1. The molecule has 1 aromatic rings. The molecule has 88 valence electrons. The lowest BCUT2D eigenvalue weighted by Crippen LogP contribution is -2.34. The Morgan fingerprint density at radius 3 is 2.25 bits per heavy atom. The molecule has 0 aliphatic rings. The van der Waals surface area contributed by atoms with E-state index in [1.165, 1.54) is 7.11 Å². The molecule has 0 saturated carbocycles. The fraction of sp³-hybridized carbons (Fsp3) is 0.364. The second-order valence-corrected chi connectivity index (χ2v) is 3.23. The van der Waals surface area contributed by atoms with Gasteiger partial charge in [-0.1, -0.05) is 0 Å². The second-order valence-electron chi connectivity index (χ2n) is 3.23. The molecule has 0 aliphatic heterocycles. The topological polar surface area (TPSA) is 59.6 Å². The van der Waals surface area contributed by atoms with Crippen LogP contribution in [0.5, 0.6) is 11.5 Å². The summed E-state index contributed by atoms with van der Waals surface area (Å²) in [5, 5.41) is 0. The van der Waals surface area contributed by atoms with E-state index < -0.39 is 0 Å². The molecule has 0 atom stereocenters. The predicted molar refractivity (Wildman–Crippen MR) is 60.8 cm³/mol. The SMILES string of the molecule is CNNC(=O)c1cc(OC)c(OC)cc1C. The summed E-state index contributed by atoms with van der Waals surface area (Å²) in [6, 6.07) is 3.42. The smallest absolute Gasteiger partial charge is 0.265 e. The average Bonchev–Trinajstić information content (AvgIpc) is 2.28. The van der Waals surface area contributed by atoms with E-state index in [4.69, 9.17) is 9.47 Å². The van der Waals surface area contributed by atoms with E-state index in [2.05, 4.69) is 10.9 Å². The zero-order valence-electron chi connectivity index (χ0n) is 9.88. The summed E-state index contributed by atoms with van der Waals surface area (Å²) in [6.07, 6.45) is 0. The van der Waals surface area contributed by atoms with E-state index in [0.29, 0.717) is 17.1 Å². The molecule has 0 radical (unpaired) electrons. The van der Waals surface area contributed by atoms with Gasteiger partial charge in [0.25, 0.3) is 5.91 Å². The number of rotatable bonds is 4. The van der Waals surface area contributed by atoms with Gasteiger partial charge in [0.1, 0.15) is 0 Å². The van der Waals surface area contributed by atoms with Gasteiger partial charge in [-0.2, -0.15) is 0 Å². The highest BCUT2D eigenvalue weighted by molar-refractivity contribution is 5.96. The molecule has 0 aromatic heterocycles. The van der Waals surface area contributed by atoms with Crippen molar-refractivity contribution in [1.82, 2.24) is 10.9 Å². The minimum atomic E-state index is -0.207. The quantitative estimate of drug-likeness (QED) is 0.745. The van der Waals surface area contributed by atoms with Crippen LogP contribution in [0.25, 0.3) is 0 Å². The maximum atomic E-state index is 11.7. The normalized spacial score (nSPS) is 9.75. The van der Waals surface area contributed by atoms with Crippen molar-refractivity contribution in [1.29, 1.82) is 0 Å². The molecule has 0 fully saturated rings. The van der Waals surface area contributed by atoms with Crippen molar-refractivity contribution in [3.05, 3.63) is 23.3 Å². The van der Waals surface area contributed by atoms with Crippen LogP contribution in [0.15, 0.2) is 12.1 Å². The molecule has 0 aliphatic carbocycles. The summed E-state index contributed by atoms with van der Waals surface area (Å²) in [5.41, 5.74) is 6.47. The Balaban J connectivity index is 3.15. The molecule has 5 heteroatoms. The zero-order valence-corrected chi connectivity index (χ0v) is 9.88. The molecule has 0 bridgehead atoms. The first kappa shape index (κ1) is 12.3. The Morgan fingerprint density at radius 1 is 1.19 bits per heavy atom. The highest BCUT2D eigenvalue weighted by atomic mass is 16.5. The maximum absolute atomic E-state index is 11.7. The summed E-state index contributed by atoms with van der Waals surface area (Å²) >= 11 is 0. The van der Waals surface area contributed by atoms with Crippen LogP contribution in [0.4, 0.5) is 0 Å². The molecule has 0 saturated heterocycles. The first-order chi connectivity index (χ1) is 7.63. The van der Waals surface area contributed by atoms with Crippen LogP contribution in [-0.4, -0.2) is 27.2 Å². The highest BCUT2D eigenvalue weighted by Crippen LogP contribution is 2.30. The largest absolute Gasteiger partial charge is 0.493 e. The Labute approximate surface area is 94.7 Å². The van der Waals surface area contributed by atoms with Gasteiger partial charge in [-0.3, -0.25) is 10.2 Å². The second kappa shape index (κ2) is 5.37. The van der Waals surface area contributed by atoms with Crippen LogP contribution in [0.3, 0.4) is 0 Å². The molecule has 1 amide bonds. The molecule has 16 heavy (non-hydrogen) atoms. The first-order valence-electron chi connectivity index (χ1n) is 4.83. The van der Waals surface area contributed by atoms with Gasteiger partial charge in [-0.25, -0.2) is 5.43 Å². The zero-order chi connectivity index (χ0) is 12.1. The molecular weight excluding hydrogens is 208 g/mol. The predicted octanol–water partition coefficient (Wildman–Crippen LogP) is 0.876. The minimum Gasteiger partial charge on any atom is -0.493 e. The summed E-state index contributed by atoms with van der Waals surface area (Å²) in [4.78, 5) is 11.7. The van der Waals surface area contributed by atoms with Gasteiger partial charge in [0, 0.05) is 12.6 Å². The van der Waals surface area contributed by atoms with E-state index in [0.717, 1.165) is 5.56 Å². The number of hydrogen-bond donors (Lipinski definition) is 2. The number of aryl methyl sites for hydroxylation is 1. The standard InChI is InChI=1S/C11H16N2O3/c1-7-5-9(15-3)10(16-4)6-8(7)11(14)13-12-2/h5-6,12H,1-4H3,(H,13,14). The number of carbonyl (C=O) groups is 1. The van der Waals surface area contributed by atoms with Crippen LogP contribution in [0.2, 0.25) is 0 Å². The third kappa shape index (κ3) is 2.43. The third-order valence-electron chi connectivity index (χ3n) is 2.21. The third-order valence-corrected chi connectivity index (χ3v) is 2.21. The van der Waals surface area contributed by atoms with Gasteiger partial charge in [0.2, 0.25) is 0 Å². The Kier molecular flexibility index (Phi) is 4.13. The number of ether oxygens (including phenoxy) is 2. The van der Waals surface area contributed by atoms with Crippen molar-refractivity contribution in [3.63, 3.8) is 0 Å². The average molecular weight is 224 g/mol. The maximum Gasteiger partial charge on any atom is 0.265 e. The number of methoxy groups -OCH3 is 2. The number of hydrazine groups is 1. The van der Waals surface area contributed by atoms with Crippen LogP contribution in [0, 0.1) is 6.92 Å². The summed E-state index contributed by atoms with van der Waals surface area (Å²) in [7, 11) is 4.73. The van der Waals surface area contributed by atoms with Gasteiger partial charge >= 0.3 is 0 Å². The van der Waals surface area contributed by atoms with Gasteiger partial charge in [0.15, 0.2) is 11.5 Å². The number of carbonyl (C=O) groups excluding carboxylic acids is 1. The van der Waals surface area contributed by atoms with E-state index in [-0.39, 0.29) is 5.91 Å². The lowest BCUT2D eigenvalue weighted by Gasteiger charge is -2.12. The van der Waals surface area contributed by atoms with Gasteiger partial charge in [0.05, 0.1) is 14.2 Å². The Morgan fingerprint density at radius 2 is 1.75 bits per heavy atom. The van der Waals surface area contributed by atoms with Crippen molar-refractivity contribution in [2.45, 2.75) is 6.92 Å². The molecule has 1 rings (SSSR count). The molecule has 0 spiro atoms. The van der Waals surface area contributed by atoms with Crippen LogP contribution in [-0.2, 0) is 0 Å². The summed E-state index contributed by atoms with van der Waals surface area (Å²) in [5.74, 6) is 0.941. The van der Waals surface area contributed by atoms with E-state index in [1.807, 2.05) is 6.92 Å². The summed E-state index contributed by atoms with van der Waals surface area (Å²) < 4.78 is 10.3. The number of hydrogen-bond acceptors (Lipinski definition) is 4. The molecule has 5 nitrogen and oxygen atoms in total. The monoisotopic (exact) mass is 224 g/mol. The van der Waals surface area contributed by atoms with E-state index >= 15 is 0 Å². The molecule has 0 unspecified atom stereocenters. The molecule has 1 aromatic carbocycles. The minimum absolute atomic E-state index is 0.207. The van der Waals surface area contributed by atoms with Crippen molar-refractivity contribution in [3.8, 4) is 11.5 Å². The van der Waals surface area contributed by atoms with E-state index in [1.54, 1.807) is 26.3 Å². The van der Waals surface area contributed by atoms with Crippen molar-refractivity contribution < 1.29 is 14.3 Å². The fourth-order valence-corrected chi connectivity index (χ4v) is 1.41. The lowest BCUT2D eigenvalue weighted by molar-refractivity contribution is 0.0937. The van der Waals surface area contributed by atoms with Crippen molar-refractivity contribution >= 4 is 5.91 Å². The van der Waals surface area contributed by atoms with Crippen LogP contribution in [0.1, 0.15) is 15.9 Å². The van der Waals surface area contributed by atoms with Crippen LogP contribution >= 0.6 is 0 Å². The van der Waals surface area contributed by atoms with Gasteiger partial charge in [-0.15, -0.1) is 0 Å². The first-order valence-corrected chi connectivity index (χ1v) is 4.83. The lowest BCUT2D eigenvalue weighted by atomic mass is 10.1. The Hall–Kier alpha value is -1.75. The summed E-state index contributed by atoms with van der Waals surface area (Å²) in [6.45, 7) is 1.84. The van der Waals surface area contributed by atoms with E-state index in [9.17, 15) is 4.79 Å². The van der Waals surface area contributed by atoms with Gasteiger partial charge < -0.3 is 9.47 Å². The highest BCUT2D eigenvalue weighted by Gasteiger charge is 2.13. The molecular formula is C11H16N2O3. The van der Waals surface area contributed by atoms with Crippen molar-refractivity contribution in [2.24, 2.45) is 0 Å². The fourth-order valence-electron chi connectivity index (χ4n) is 1.41. The van der Waals surface area contributed by atoms with Crippen molar-refractivity contribution in [2.75, 3.05) is 21.3 Å².